The molecular formula is C10H4F4N2O2. The molecule has 0 spiro atoms. The monoisotopic (exact) mass is 260 g/mol. The fourth-order valence-electron chi connectivity index (χ4n) is 1.32. The number of aromatic nitrogens is 2. The highest BCUT2D eigenvalue weighted by atomic mass is 19.2. The molecule has 4 nitrogen and oxygen atoms in total. The Morgan fingerprint density at radius 3 is 1.33 bits per heavy atom. The van der Waals surface area contributed by atoms with Gasteiger partial charge < -0.3 is 9.97 Å². The minimum Gasteiger partial charge on any atom is -0.353 e. The third-order valence-electron chi connectivity index (χ3n) is 2.21. The molecule has 0 saturated carbocycles. The predicted molar refractivity (Wildman–Crippen MR) is 50.1 cm³/mol. The number of aromatic amines is 2. The lowest BCUT2D eigenvalue weighted by atomic mass is 10.1. The van der Waals surface area contributed by atoms with Crippen LogP contribution < -0.4 is 0 Å². The van der Waals surface area contributed by atoms with Crippen molar-refractivity contribution < 1.29 is 27.2 Å². The highest BCUT2D eigenvalue weighted by Gasteiger charge is 2.29. The minimum atomic E-state index is -1.55. The van der Waals surface area contributed by atoms with Gasteiger partial charge in [0.1, 0.15) is 11.4 Å². The van der Waals surface area contributed by atoms with Gasteiger partial charge in [-0.25, -0.2) is 17.6 Å². The Morgan fingerprint density at radius 2 is 1.11 bits per heavy atom. The maximum Gasteiger partial charge on any atom is 0.254 e. The average molecular weight is 260 g/mol. The van der Waals surface area contributed by atoms with Crippen LogP contribution in [0.1, 0.15) is 21.0 Å². The highest BCUT2D eigenvalue weighted by Crippen LogP contribution is 2.15. The number of carbonyl (C=O) groups excluding carboxylic acids is 2. The van der Waals surface area contributed by atoms with Crippen LogP contribution in [0, 0.1) is 23.3 Å². The molecule has 2 N–H and O–H groups in total. The third-order valence-corrected chi connectivity index (χ3v) is 2.21. The van der Waals surface area contributed by atoms with Gasteiger partial charge in [-0.05, 0) is 0 Å². The van der Waals surface area contributed by atoms with Crippen molar-refractivity contribution in [3.05, 3.63) is 47.1 Å². The van der Waals surface area contributed by atoms with Crippen molar-refractivity contribution >= 4 is 11.6 Å². The van der Waals surface area contributed by atoms with E-state index in [0.717, 1.165) is 0 Å². The van der Waals surface area contributed by atoms with Gasteiger partial charge in [0.15, 0.2) is 23.3 Å². The molecule has 8 heteroatoms. The van der Waals surface area contributed by atoms with Gasteiger partial charge in [-0.15, -0.1) is 0 Å². The van der Waals surface area contributed by atoms with Gasteiger partial charge in [-0.3, -0.25) is 9.59 Å². The molecule has 0 bridgehead atoms. The van der Waals surface area contributed by atoms with Gasteiger partial charge in [-0.2, -0.15) is 0 Å². The summed E-state index contributed by atoms with van der Waals surface area (Å²) in [6, 6.07) is 0. The largest absolute Gasteiger partial charge is 0.353 e. The first-order valence-corrected chi connectivity index (χ1v) is 4.57. The van der Waals surface area contributed by atoms with Gasteiger partial charge in [0.05, 0.1) is 0 Å². The summed E-state index contributed by atoms with van der Waals surface area (Å²) in [6.07, 6.45) is 1.06. The molecule has 2 aromatic rings. The number of H-pyrrole nitrogens is 2. The zero-order chi connectivity index (χ0) is 13.4. The first kappa shape index (κ1) is 12.1. The number of Topliss-reactive ketones (excluding diaryl/α,β-unsaturated/α-hetero) is 2. The molecule has 0 saturated heterocycles. The van der Waals surface area contributed by atoms with Crippen LogP contribution in [0.15, 0.2) is 12.4 Å². The first-order chi connectivity index (χ1) is 8.43. The topological polar surface area (TPSA) is 65.7 Å². The van der Waals surface area contributed by atoms with Crippen LogP contribution in [0.2, 0.25) is 0 Å². The number of carbonyl (C=O) groups is 2. The summed E-state index contributed by atoms with van der Waals surface area (Å²) in [5, 5.41) is 0. The molecule has 2 aromatic heterocycles. The molecule has 0 atom stereocenters. The summed E-state index contributed by atoms with van der Waals surface area (Å²) in [5.41, 5.74) is -1.90. The fraction of sp³-hybridized carbons (Fsp3) is 0. The zero-order valence-corrected chi connectivity index (χ0v) is 8.48. The molecule has 94 valence electrons. The Morgan fingerprint density at radius 1 is 0.778 bits per heavy atom. The van der Waals surface area contributed by atoms with Crippen LogP contribution in [0.5, 0.6) is 0 Å². The molecule has 0 aliphatic rings. The van der Waals surface area contributed by atoms with Gasteiger partial charge in [0.2, 0.25) is 0 Å². The van der Waals surface area contributed by atoms with E-state index in [9.17, 15) is 27.2 Å². The number of nitrogens with one attached hydrogen (secondary N) is 2. The van der Waals surface area contributed by atoms with Gasteiger partial charge in [0.25, 0.3) is 11.6 Å². The Kier molecular flexibility index (Phi) is 2.77. The van der Waals surface area contributed by atoms with Crippen molar-refractivity contribution in [3.8, 4) is 0 Å². The summed E-state index contributed by atoms with van der Waals surface area (Å²) in [4.78, 5) is 26.7. The van der Waals surface area contributed by atoms with Crippen LogP contribution >= 0.6 is 0 Å². The van der Waals surface area contributed by atoms with Crippen LogP contribution in [0.4, 0.5) is 17.6 Å². The van der Waals surface area contributed by atoms with E-state index in [-0.39, 0.29) is 0 Å². The van der Waals surface area contributed by atoms with Crippen molar-refractivity contribution in [2.75, 3.05) is 0 Å². The van der Waals surface area contributed by atoms with E-state index in [1.165, 1.54) is 0 Å². The predicted octanol–water partition coefficient (Wildman–Crippen LogP) is 1.96. The van der Waals surface area contributed by atoms with E-state index in [4.69, 9.17) is 0 Å². The molecule has 2 rings (SSSR count). The van der Waals surface area contributed by atoms with E-state index in [1.807, 2.05) is 9.97 Å². The highest BCUT2D eigenvalue weighted by molar-refractivity contribution is 6.48. The number of ketones is 2. The number of hydrogen-bond donors (Lipinski definition) is 2. The van der Waals surface area contributed by atoms with Crippen LogP contribution in [-0.4, -0.2) is 21.5 Å². The van der Waals surface area contributed by atoms with Crippen molar-refractivity contribution in [2.24, 2.45) is 0 Å². The molecule has 0 fully saturated rings. The van der Waals surface area contributed by atoms with E-state index in [2.05, 4.69) is 0 Å². The quantitative estimate of drug-likeness (QED) is 0.503. The lowest BCUT2D eigenvalue weighted by Gasteiger charge is -1.96. The summed E-state index contributed by atoms with van der Waals surface area (Å²) >= 11 is 0. The lowest BCUT2D eigenvalue weighted by molar-refractivity contribution is 0.0806. The second-order valence-electron chi connectivity index (χ2n) is 3.31. The maximum atomic E-state index is 13.0. The minimum absolute atomic E-state index is 0.529. The van der Waals surface area contributed by atoms with Crippen LogP contribution in [-0.2, 0) is 0 Å². The summed E-state index contributed by atoms with van der Waals surface area (Å²) in [5.74, 6) is -8.86. The van der Waals surface area contributed by atoms with Crippen molar-refractivity contribution in [1.82, 2.24) is 9.97 Å². The number of rotatable bonds is 3. The summed E-state index contributed by atoms with van der Waals surface area (Å²) in [6.45, 7) is 0. The van der Waals surface area contributed by atoms with Crippen LogP contribution in [0.25, 0.3) is 0 Å². The Labute approximate surface area is 96.6 Å². The molecule has 0 aliphatic heterocycles. The SMILES string of the molecule is O=C(C(=O)c1[nH]cc(F)c1F)c1[nH]cc(F)c1F. The molecule has 0 radical (unpaired) electrons. The molecule has 0 unspecified atom stereocenters. The Balaban J connectivity index is 2.38. The molecule has 18 heavy (non-hydrogen) atoms. The second-order valence-corrected chi connectivity index (χ2v) is 3.31. The molecular weight excluding hydrogens is 256 g/mol. The maximum absolute atomic E-state index is 13.0. The molecule has 2 heterocycles. The number of hydrogen-bond acceptors (Lipinski definition) is 2. The Hall–Kier alpha value is -2.38. The van der Waals surface area contributed by atoms with Crippen molar-refractivity contribution in [2.45, 2.75) is 0 Å². The smallest absolute Gasteiger partial charge is 0.254 e. The summed E-state index contributed by atoms with van der Waals surface area (Å²) < 4.78 is 51.3. The van der Waals surface area contributed by atoms with Gasteiger partial charge >= 0.3 is 0 Å². The normalized spacial score (nSPS) is 10.7. The van der Waals surface area contributed by atoms with Gasteiger partial charge in [-0.1, -0.05) is 0 Å². The van der Waals surface area contributed by atoms with Crippen molar-refractivity contribution in [3.63, 3.8) is 0 Å². The lowest BCUT2D eigenvalue weighted by Crippen LogP contribution is -2.18. The zero-order valence-electron chi connectivity index (χ0n) is 8.48. The average Bonchev–Trinajstić information content (AvgIpc) is 2.84. The van der Waals surface area contributed by atoms with E-state index in [0.29, 0.717) is 12.4 Å². The van der Waals surface area contributed by atoms with E-state index in [1.54, 1.807) is 0 Å². The molecule has 0 amide bonds. The van der Waals surface area contributed by atoms with Crippen LogP contribution in [0.3, 0.4) is 0 Å². The van der Waals surface area contributed by atoms with E-state index >= 15 is 0 Å². The van der Waals surface area contributed by atoms with E-state index < -0.39 is 46.2 Å². The molecule has 0 aliphatic carbocycles. The Bertz CT molecular complexity index is 588. The first-order valence-electron chi connectivity index (χ1n) is 4.57. The molecule has 0 aromatic carbocycles. The number of halogens is 4. The van der Waals surface area contributed by atoms with Crippen molar-refractivity contribution in [1.29, 1.82) is 0 Å². The van der Waals surface area contributed by atoms with Gasteiger partial charge in [0, 0.05) is 12.4 Å². The summed E-state index contributed by atoms with van der Waals surface area (Å²) in [7, 11) is 0. The third kappa shape index (κ3) is 1.71. The fourth-order valence-corrected chi connectivity index (χ4v) is 1.32. The standard InChI is InChI=1S/C10H4F4N2O2/c11-3-1-15-7(5(3)13)9(17)10(18)8-6(14)4(12)2-16-8/h1-2,15-16H. The second kappa shape index (κ2) is 4.13.